The van der Waals surface area contributed by atoms with Crippen LogP contribution in [-0.2, 0) is 4.74 Å². The standard InChI is InChI=1S/C12H15NO3S/c13-11-6-9(3-4-10(11)12(14)15)17-7-8-2-1-5-16-8/h3-4,6,8H,1-2,5,7,13H2,(H,14,15). The van der Waals surface area contributed by atoms with Crippen LogP contribution in [0.4, 0.5) is 5.69 Å². The summed E-state index contributed by atoms with van der Waals surface area (Å²) >= 11 is 1.65. The molecule has 4 nitrogen and oxygen atoms in total. The Morgan fingerprint density at radius 1 is 1.59 bits per heavy atom. The number of nitrogens with two attached hydrogens (primary N) is 1. The molecule has 0 saturated carbocycles. The molecular formula is C12H15NO3S. The zero-order chi connectivity index (χ0) is 12.3. The number of carboxylic acids is 1. The number of benzene rings is 1. The fraction of sp³-hybridized carbons (Fsp3) is 0.417. The van der Waals surface area contributed by atoms with Crippen LogP contribution in [0.5, 0.6) is 0 Å². The van der Waals surface area contributed by atoms with Crippen molar-refractivity contribution < 1.29 is 14.6 Å². The molecule has 0 spiro atoms. The molecule has 1 aliphatic rings. The van der Waals surface area contributed by atoms with Crippen molar-refractivity contribution in [1.29, 1.82) is 0 Å². The number of anilines is 1. The number of carbonyl (C=O) groups is 1. The number of nitrogen functional groups attached to an aromatic ring is 1. The molecular weight excluding hydrogens is 238 g/mol. The topological polar surface area (TPSA) is 72.5 Å². The number of rotatable bonds is 4. The molecule has 1 aliphatic heterocycles. The summed E-state index contributed by atoms with van der Waals surface area (Å²) in [5.41, 5.74) is 6.15. The maximum absolute atomic E-state index is 10.8. The van der Waals surface area contributed by atoms with Crippen molar-refractivity contribution >= 4 is 23.4 Å². The molecule has 5 heteroatoms. The summed E-state index contributed by atoms with van der Waals surface area (Å²) < 4.78 is 5.52. The molecule has 17 heavy (non-hydrogen) atoms. The van der Waals surface area contributed by atoms with Crippen LogP contribution in [0.25, 0.3) is 0 Å². The molecule has 1 fully saturated rings. The molecule has 1 unspecified atom stereocenters. The lowest BCUT2D eigenvalue weighted by Crippen LogP contribution is -2.08. The molecule has 1 saturated heterocycles. The van der Waals surface area contributed by atoms with Gasteiger partial charge in [-0.15, -0.1) is 11.8 Å². The van der Waals surface area contributed by atoms with Gasteiger partial charge in [0, 0.05) is 22.9 Å². The van der Waals surface area contributed by atoms with E-state index >= 15 is 0 Å². The lowest BCUT2D eigenvalue weighted by atomic mass is 10.2. The number of aromatic carboxylic acids is 1. The van der Waals surface area contributed by atoms with Crippen molar-refractivity contribution in [3.63, 3.8) is 0 Å². The molecule has 0 bridgehead atoms. The van der Waals surface area contributed by atoms with Crippen LogP contribution in [-0.4, -0.2) is 29.5 Å². The van der Waals surface area contributed by atoms with Crippen molar-refractivity contribution in [2.75, 3.05) is 18.1 Å². The Balaban J connectivity index is 1.97. The minimum atomic E-state index is -0.988. The molecule has 0 radical (unpaired) electrons. The van der Waals surface area contributed by atoms with Gasteiger partial charge in [0.1, 0.15) is 0 Å². The summed E-state index contributed by atoms with van der Waals surface area (Å²) in [7, 11) is 0. The maximum Gasteiger partial charge on any atom is 0.337 e. The molecule has 1 aromatic rings. The predicted molar refractivity (Wildman–Crippen MR) is 67.5 cm³/mol. The highest BCUT2D eigenvalue weighted by Gasteiger charge is 2.16. The van der Waals surface area contributed by atoms with Crippen molar-refractivity contribution in [1.82, 2.24) is 0 Å². The summed E-state index contributed by atoms with van der Waals surface area (Å²) in [6.45, 7) is 0.852. The highest BCUT2D eigenvalue weighted by atomic mass is 32.2. The smallest absolute Gasteiger partial charge is 0.337 e. The Morgan fingerprint density at radius 3 is 3.00 bits per heavy atom. The van der Waals surface area contributed by atoms with E-state index in [1.165, 1.54) is 0 Å². The van der Waals surface area contributed by atoms with Gasteiger partial charge in [0.15, 0.2) is 0 Å². The van der Waals surface area contributed by atoms with Crippen molar-refractivity contribution in [2.45, 2.75) is 23.8 Å². The minimum Gasteiger partial charge on any atom is -0.478 e. The van der Waals surface area contributed by atoms with Gasteiger partial charge in [-0.1, -0.05) is 0 Å². The van der Waals surface area contributed by atoms with Gasteiger partial charge in [-0.05, 0) is 31.0 Å². The van der Waals surface area contributed by atoms with E-state index in [-0.39, 0.29) is 5.56 Å². The predicted octanol–water partition coefficient (Wildman–Crippen LogP) is 2.24. The van der Waals surface area contributed by atoms with Gasteiger partial charge in [0.05, 0.1) is 11.7 Å². The van der Waals surface area contributed by atoms with E-state index < -0.39 is 5.97 Å². The van der Waals surface area contributed by atoms with Crippen LogP contribution in [0, 0.1) is 0 Å². The van der Waals surface area contributed by atoms with E-state index in [0.717, 1.165) is 30.1 Å². The molecule has 3 N–H and O–H groups in total. The molecule has 0 aliphatic carbocycles. The van der Waals surface area contributed by atoms with Gasteiger partial charge in [-0.25, -0.2) is 4.79 Å². The lowest BCUT2D eigenvalue weighted by Gasteiger charge is -2.09. The zero-order valence-electron chi connectivity index (χ0n) is 9.39. The fourth-order valence-corrected chi connectivity index (χ4v) is 2.81. The molecule has 1 heterocycles. The first-order valence-electron chi connectivity index (χ1n) is 5.54. The second-order valence-electron chi connectivity index (χ2n) is 4.00. The van der Waals surface area contributed by atoms with E-state index in [1.807, 2.05) is 0 Å². The van der Waals surface area contributed by atoms with Crippen LogP contribution >= 0.6 is 11.8 Å². The monoisotopic (exact) mass is 253 g/mol. The van der Waals surface area contributed by atoms with E-state index in [9.17, 15) is 4.79 Å². The zero-order valence-corrected chi connectivity index (χ0v) is 10.2. The Bertz CT molecular complexity index is 416. The number of thioether (sulfide) groups is 1. The van der Waals surface area contributed by atoms with Crippen LogP contribution in [0.3, 0.4) is 0 Å². The second-order valence-corrected chi connectivity index (χ2v) is 5.09. The second kappa shape index (κ2) is 5.42. The third-order valence-corrected chi connectivity index (χ3v) is 3.84. The van der Waals surface area contributed by atoms with Crippen molar-refractivity contribution in [3.05, 3.63) is 23.8 Å². The summed E-state index contributed by atoms with van der Waals surface area (Å²) in [6, 6.07) is 5.05. The van der Waals surface area contributed by atoms with Gasteiger partial charge in [-0.2, -0.15) is 0 Å². The number of ether oxygens (including phenoxy) is 1. The van der Waals surface area contributed by atoms with Crippen LogP contribution < -0.4 is 5.73 Å². The summed E-state index contributed by atoms with van der Waals surface area (Å²) in [5, 5.41) is 8.85. The van der Waals surface area contributed by atoms with Gasteiger partial charge in [0.2, 0.25) is 0 Å². The highest BCUT2D eigenvalue weighted by molar-refractivity contribution is 7.99. The first-order valence-corrected chi connectivity index (χ1v) is 6.52. The van der Waals surface area contributed by atoms with Gasteiger partial charge >= 0.3 is 5.97 Å². The Labute approximate surface area is 104 Å². The van der Waals surface area contributed by atoms with E-state index in [2.05, 4.69) is 0 Å². The first-order chi connectivity index (χ1) is 8.16. The summed E-state index contributed by atoms with van der Waals surface area (Å²) in [4.78, 5) is 11.8. The quantitative estimate of drug-likeness (QED) is 0.636. The third-order valence-electron chi connectivity index (χ3n) is 2.71. The maximum atomic E-state index is 10.8. The van der Waals surface area contributed by atoms with Gasteiger partial charge < -0.3 is 15.6 Å². The first kappa shape index (κ1) is 12.3. The highest BCUT2D eigenvalue weighted by Crippen LogP contribution is 2.26. The fourth-order valence-electron chi connectivity index (χ4n) is 1.79. The van der Waals surface area contributed by atoms with E-state index in [4.69, 9.17) is 15.6 Å². The number of carboxylic acid groups (broad SMARTS) is 1. The normalized spacial score (nSPS) is 19.4. The Hall–Kier alpha value is -1.20. The SMILES string of the molecule is Nc1cc(SCC2CCCO2)ccc1C(=O)O. The molecule has 92 valence electrons. The van der Waals surface area contributed by atoms with E-state index in [0.29, 0.717) is 11.8 Å². The van der Waals surface area contributed by atoms with Gasteiger partial charge in [-0.3, -0.25) is 0 Å². The van der Waals surface area contributed by atoms with Crippen LogP contribution in [0.2, 0.25) is 0 Å². The molecule has 2 rings (SSSR count). The average Bonchev–Trinajstić information content (AvgIpc) is 2.78. The van der Waals surface area contributed by atoms with Crippen molar-refractivity contribution in [3.8, 4) is 0 Å². The largest absolute Gasteiger partial charge is 0.478 e. The lowest BCUT2D eigenvalue weighted by molar-refractivity contribution is 0.0698. The molecule has 1 atom stereocenters. The molecule has 0 aromatic heterocycles. The van der Waals surface area contributed by atoms with Crippen LogP contribution in [0.1, 0.15) is 23.2 Å². The average molecular weight is 253 g/mol. The number of hydrogen-bond acceptors (Lipinski definition) is 4. The molecule has 0 amide bonds. The van der Waals surface area contributed by atoms with Gasteiger partial charge in [0.25, 0.3) is 0 Å². The minimum absolute atomic E-state index is 0.159. The Kier molecular flexibility index (Phi) is 3.91. The number of hydrogen-bond donors (Lipinski definition) is 2. The summed E-state index contributed by atoms with van der Waals surface area (Å²) in [5.74, 6) is -0.0931. The van der Waals surface area contributed by atoms with E-state index in [1.54, 1.807) is 30.0 Å². The third kappa shape index (κ3) is 3.14. The summed E-state index contributed by atoms with van der Waals surface area (Å²) in [6.07, 6.45) is 2.56. The Morgan fingerprint density at radius 2 is 2.41 bits per heavy atom. The molecule has 1 aromatic carbocycles. The van der Waals surface area contributed by atoms with Crippen molar-refractivity contribution in [2.24, 2.45) is 0 Å². The van der Waals surface area contributed by atoms with Crippen LogP contribution in [0.15, 0.2) is 23.1 Å².